The number of benzene rings is 2. The first kappa shape index (κ1) is 23.9. The number of rotatable bonds is 8. The largest absolute Gasteiger partial charge is 0.494 e. The van der Waals surface area contributed by atoms with E-state index >= 15 is 0 Å². The molecule has 170 valence electrons. The molecule has 0 bridgehead atoms. The summed E-state index contributed by atoms with van der Waals surface area (Å²) in [6.45, 7) is 1.27. The number of aliphatic imine (C=N–C) groups is 1. The summed E-state index contributed by atoms with van der Waals surface area (Å²) in [5.74, 6) is -0.664. The third kappa shape index (κ3) is 5.37. The van der Waals surface area contributed by atoms with E-state index in [9.17, 15) is 23.6 Å². The highest BCUT2D eigenvalue weighted by Crippen LogP contribution is 2.23. The molecule has 0 spiro atoms. The first-order valence-electron chi connectivity index (χ1n) is 10.2. The fourth-order valence-corrected chi connectivity index (χ4v) is 4.36. The molecule has 0 aliphatic carbocycles. The van der Waals surface area contributed by atoms with Crippen LogP contribution < -0.4 is 5.56 Å². The zero-order valence-corrected chi connectivity index (χ0v) is 18.8. The molecule has 0 unspecified atom stereocenters. The van der Waals surface area contributed by atoms with E-state index in [0.717, 1.165) is 10.1 Å². The van der Waals surface area contributed by atoms with E-state index in [1.807, 2.05) is 36.4 Å². The van der Waals surface area contributed by atoms with Crippen LogP contribution in [0, 0.1) is 18.3 Å². The summed E-state index contributed by atoms with van der Waals surface area (Å²) in [6, 6.07) is 17.1. The Kier molecular flexibility index (Phi) is 7.43. The van der Waals surface area contributed by atoms with E-state index in [1.54, 1.807) is 6.92 Å². The predicted octanol–water partition coefficient (Wildman–Crippen LogP) is 2.49. The van der Waals surface area contributed by atoms with Crippen molar-refractivity contribution >= 4 is 21.7 Å². The Balaban J connectivity index is 1.95. The van der Waals surface area contributed by atoms with Crippen molar-refractivity contribution in [3.63, 3.8) is 0 Å². The minimum absolute atomic E-state index is 0.0655. The second kappa shape index (κ2) is 10.3. The van der Waals surface area contributed by atoms with Crippen LogP contribution in [0.15, 0.2) is 69.3 Å². The number of aromatic hydroxyl groups is 1. The Bertz CT molecular complexity index is 1370. The summed E-state index contributed by atoms with van der Waals surface area (Å²) in [6.07, 6.45) is 1.84. The van der Waals surface area contributed by atoms with Gasteiger partial charge in [0.2, 0.25) is 5.88 Å². The van der Waals surface area contributed by atoms with Gasteiger partial charge in [0.25, 0.3) is 5.56 Å². The number of sulfone groups is 1. The molecule has 0 saturated heterocycles. The van der Waals surface area contributed by atoms with E-state index in [0.29, 0.717) is 17.7 Å². The number of pyridine rings is 1. The third-order valence-corrected chi connectivity index (χ3v) is 6.92. The van der Waals surface area contributed by atoms with Gasteiger partial charge in [-0.25, -0.2) is 8.42 Å². The van der Waals surface area contributed by atoms with Crippen molar-refractivity contribution in [2.24, 2.45) is 4.99 Å². The predicted molar refractivity (Wildman–Crippen MR) is 125 cm³/mol. The molecular weight excluding hydrogens is 442 g/mol. The molecule has 0 amide bonds. The molecule has 33 heavy (non-hydrogen) atoms. The molecule has 0 aliphatic heterocycles. The van der Waals surface area contributed by atoms with Crippen LogP contribution in [0.1, 0.15) is 22.3 Å². The van der Waals surface area contributed by atoms with Crippen LogP contribution in [0.3, 0.4) is 0 Å². The lowest BCUT2D eigenvalue weighted by molar-refractivity contribution is 0.319. The van der Waals surface area contributed by atoms with Gasteiger partial charge in [-0.15, -0.1) is 0 Å². The molecule has 2 N–H and O–H groups in total. The summed E-state index contributed by atoms with van der Waals surface area (Å²) in [7, 11) is -3.57. The van der Waals surface area contributed by atoms with Crippen molar-refractivity contribution in [2.75, 3.05) is 12.4 Å². The fourth-order valence-electron chi connectivity index (χ4n) is 3.34. The van der Waals surface area contributed by atoms with Crippen molar-refractivity contribution in [2.45, 2.75) is 24.8 Å². The number of nitrogens with zero attached hydrogens (tertiary/aromatic N) is 3. The summed E-state index contributed by atoms with van der Waals surface area (Å²) in [5, 5.41) is 29.2. The lowest BCUT2D eigenvalue weighted by Crippen LogP contribution is -2.26. The van der Waals surface area contributed by atoms with Crippen molar-refractivity contribution in [3.8, 4) is 11.9 Å². The van der Waals surface area contributed by atoms with Crippen LogP contribution in [-0.4, -0.2) is 41.8 Å². The topological polar surface area (TPSA) is 133 Å². The highest BCUT2D eigenvalue weighted by molar-refractivity contribution is 7.91. The van der Waals surface area contributed by atoms with Gasteiger partial charge < -0.3 is 10.2 Å². The maximum Gasteiger partial charge on any atom is 0.271 e. The van der Waals surface area contributed by atoms with Crippen molar-refractivity contribution in [3.05, 3.63) is 87.2 Å². The molecule has 0 fully saturated rings. The Morgan fingerprint density at radius 1 is 1.12 bits per heavy atom. The Morgan fingerprint density at radius 2 is 1.79 bits per heavy atom. The van der Waals surface area contributed by atoms with E-state index < -0.39 is 22.0 Å². The molecular formula is C24H23N3O5S. The van der Waals surface area contributed by atoms with Crippen LogP contribution >= 0.6 is 0 Å². The number of hydrogen-bond acceptors (Lipinski definition) is 7. The first-order valence-corrected chi connectivity index (χ1v) is 11.8. The summed E-state index contributed by atoms with van der Waals surface area (Å²) in [5.41, 5.74) is 1.29. The van der Waals surface area contributed by atoms with Crippen LogP contribution in [0.25, 0.3) is 0 Å². The van der Waals surface area contributed by atoms with Crippen LogP contribution in [-0.2, 0) is 22.8 Å². The molecule has 2 aromatic carbocycles. The van der Waals surface area contributed by atoms with Crippen LogP contribution in [0.5, 0.6) is 5.88 Å². The molecule has 0 aliphatic rings. The smallest absolute Gasteiger partial charge is 0.271 e. The van der Waals surface area contributed by atoms with Crippen LogP contribution in [0.2, 0.25) is 0 Å². The molecule has 9 heteroatoms. The monoisotopic (exact) mass is 465 g/mol. The molecule has 8 nitrogen and oxygen atoms in total. The lowest BCUT2D eigenvalue weighted by Gasteiger charge is -2.14. The van der Waals surface area contributed by atoms with Gasteiger partial charge in [0.05, 0.1) is 28.5 Å². The normalized spacial score (nSPS) is 11.5. The maximum atomic E-state index is 12.7. The van der Waals surface area contributed by atoms with E-state index in [4.69, 9.17) is 5.11 Å². The highest BCUT2D eigenvalue weighted by atomic mass is 32.2. The zero-order valence-electron chi connectivity index (χ0n) is 18.0. The van der Waals surface area contributed by atoms with Crippen molar-refractivity contribution in [1.29, 1.82) is 5.26 Å². The lowest BCUT2D eigenvalue weighted by atomic mass is 10.1. The second-order valence-electron chi connectivity index (χ2n) is 7.34. The zero-order chi connectivity index (χ0) is 24.0. The van der Waals surface area contributed by atoms with Gasteiger partial charge in [-0.05, 0) is 48.7 Å². The number of nitriles is 1. The highest BCUT2D eigenvalue weighted by Gasteiger charge is 2.18. The van der Waals surface area contributed by atoms with E-state index in [2.05, 4.69) is 4.99 Å². The molecule has 0 atom stereocenters. The number of aliphatic hydroxyl groups is 1. The van der Waals surface area contributed by atoms with E-state index in [1.165, 1.54) is 30.5 Å². The van der Waals surface area contributed by atoms with Gasteiger partial charge in [0.15, 0.2) is 9.84 Å². The fraction of sp³-hybridized carbons (Fsp3) is 0.208. The average molecular weight is 466 g/mol. The van der Waals surface area contributed by atoms with E-state index in [-0.39, 0.29) is 34.2 Å². The Morgan fingerprint density at radius 3 is 2.39 bits per heavy atom. The molecule has 1 aromatic heterocycles. The van der Waals surface area contributed by atoms with Gasteiger partial charge in [0.1, 0.15) is 11.6 Å². The first-order chi connectivity index (χ1) is 15.8. The minimum Gasteiger partial charge on any atom is -0.494 e. The Hall–Kier alpha value is -3.74. The number of aromatic nitrogens is 1. The van der Waals surface area contributed by atoms with Crippen molar-refractivity contribution in [1.82, 2.24) is 4.57 Å². The van der Waals surface area contributed by atoms with Crippen molar-refractivity contribution < 1.29 is 18.6 Å². The van der Waals surface area contributed by atoms with Gasteiger partial charge in [-0.2, -0.15) is 5.26 Å². The number of aryl methyl sites for hydroxylation is 1. The minimum atomic E-state index is -3.57. The SMILES string of the molecule is Cc1c(C=Nc2ccc(S(=O)(=O)CCO)cc2)c(O)n(CCc2ccccc2)c(=O)c1C#N. The third-order valence-electron chi connectivity index (χ3n) is 5.21. The molecule has 1 heterocycles. The summed E-state index contributed by atoms with van der Waals surface area (Å²) < 4.78 is 25.2. The molecule has 3 rings (SSSR count). The Labute approximate surface area is 191 Å². The average Bonchev–Trinajstić information content (AvgIpc) is 2.80. The molecule has 0 saturated carbocycles. The molecule has 3 aromatic rings. The number of aliphatic hydroxyl groups excluding tert-OH is 1. The van der Waals surface area contributed by atoms with Gasteiger partial charge in [0, 0.05) is 12.8 Å². The molecule has 0 radical (unpaired) electrons. The van der Waals surface area contributed by atoms with Gasteiger partial charge >= 0.3 is 0 Å². The van der Waals surface area contributed by atoms with Crippen LogP contribution in [0.4, 0.5) is 5.69 Å². The second-order valence-corrected chi connectivity index (χ2v) is 9.45. The number of hydrogen-bond donors (Lipinski definition) is 2. The van der Waals surface area contributed by atoms with Gasteiger partial charge in [-0.1, -0.05) is 30.3 Å². The summed E-state index contributed by atoms with van der Waals surface area (Å²) in [4.78, 5) is 17.1. The summed E-state index contributed by atoms with van der Waals surface area (Å²) >= 11 is 0. The standard InChI is InChI=1S/C24H23N3O5S/c1-17-21(15-25)23(29)27(12-11-18-5-3-2-4-6-18)24(30)22(17)16-26-19-7-9-20(10-8-19)33(31,32)14-13-28/h2-10,16,28,30H,11-14H2,1H3. The van der Waals surface area contributed by atoms with Gasteiger partial charge in [-0.3, -0.25) is 14.4 Å². The maximum absolute atomic E-state index is 12.7. The quantitative estimate of drug-likeness (QED) is 0.491.